The number of ether oxygens (including phenoxy) is 4. The van der Waals surface area contributed by atoms with E-state index >= 15 is 0 Å². The highest BCUT2D eigenvalue weighted by Crippen LogP contribution is 2.22. The lowest BCUT2D eigenvalue weighted by Gasteiger charge is -2.11. The number of aromatic carboxylic acids is 1. The maximum Gasteiger partial charge on any atom is 0.335 e. The number of hydrogen-bond acceptors (Lipinski definition) is 8. The zero-order valence-corrected chi connectivity index (χ0v) is 24.6. The number of carbonyl (C=O) groups excluding carboxylic acids is 2. The average Bonchev–Trinajstić information content (AvgIpc) is 3.04. The second kappa shape index (κ2) is 17.1. The summed E-state index contributed by atoms with van der Waals surface area (Å²) in [5.41, 5.74) is 3.24. The third-order valence-electron chi connectivity index (χ3n) is 6.42. The van der Waals surface area contributed by atoms with E-state index in [1.165, 1.54) is 56.7 Å². The summed E-state index contributed by atoms with van der Waals surface area (Å²) in [5.74, 6) is -1.70. The number of benzene rings is 4. The average molecular weight is 623 g/mol. The quantitative estimate of drug-likeness (QED) is 0.199. The molecular weight excluding hydrogens is 590 g/mol. The first-order valence-electron chi connectivity index (χ1n) is 13.6. The topological polar surface area (TPSA) is 129 Å². The second-order valence-corrected chi connectivity index (χ2v) is 9.55. The molecule has 2 N–H and O–H groups in total. The number of hydrogen-bond donors (Lipinski definition) is 2. The van der Waals surface area contributed by atoms with Gasteiger partial charge in [-0.15, -0.1) is 0 Å². The van der Waals surface area contributed by atoms with Crippen molar-refractivity contribution in [2.24, 2.45) is 0 Å². The monoisotopic (exact) mass is 622 g/mol. The molecule has 0 unspecified atom stereocenters. The minimum Gasteiger partial charge on any atom is -0.489 e. The summed E-state index contributed by atoms with van der Waals surface area (Å²) < 4.78 is 46.1. The van der Waals surface area contributed by atoms with Crippen LogP contribution in [0, 0.1) is 11.6 Å². The molecule has 0 radical (unpaired) electrons. The maximum atomic E-state index is 12.8. The number of halogens is 2. The first-order chi connectivity index (χ1) is 21.6. The fourth-order valence-electron chi connectivity index (χ4n) is 3.98. The van der Waals surface area contributed by atoms with E-state index in [-0.39, 0.29) is 55.8 Å². The summed E-state index contributed by atoms with van der Waals surface area (Å²) in [6.45, 7) is 0.325. The molecule has 0 saturated carbocycles. The van der Waals surface area contributed by atoms with Crippen molar-refractivity contribution in [1.29, 1.82) is 0 Å². The molecule has 4 rings (SSSR count). The Morgan fingerprint density at radius 1 is 0.622 bits per heavy atom. The van der Waals surface area contributed by atoms with Crippen molar-refractivity contribution in [2.75, 3.05) is 14.2 Å². The minimum absolute atomic E-state index is 0.0181. The van der Waals surface area contributed by atoms with Gasteiger partial charge in [-0.25, -0.2) is 13.6 Å². The van der Waals surface area contributed by atoms with Crippen LogP contribution in [0.2, 0.25) is 0 Å². The van der Waals surface area contributed by atoms with Crippen LogP contribution in [0.25, 0.3) is 0 Å². The van der Waals surface area contributed by atoms with Crippen molar-refractivity contribution < 1.29 is 52.3 Å². The Labute approximate surface area is 258 Å². The summed E-state index contributed by atoms with van der Waals surface area (Å²) in [5, 5.41) is 18.4. The molecule has 236 valence electrons. The molecule has 0 heterocycles. The molecule has 0 fully saturated rings. The molecule has 11 heteroatoms. The van der Waals surface area contributed by atoms with E-state index in [0.717, 1.165) is 11.1 Å². The highest BCUT2D eigenvalue weighted by Gasteiger charge is 2.15. The van der Waals surface area contributed by atoms with Crippen LogP contribution in [-0.4, -0.2) is 42.3 Å². The van der Waals surface area contributed by atoms with Gasteiger partial charge in [0.15, 0.2) is 0 Å². The number of carboxylic acid groups (broad SMARTS) is 1. The standard InChI is InChI=1S/C17H15FO5.C17H17FO4/c1-22-16(19)9-12-8-14(6-7-15(12)17(20)21)23-10-11-2-4-13(18)5-3-11;1-21-17(20)9-14-8-16(7-4-13(14)10-19)22-11-12-2-5-15(18)6-3-12/h2-8H,9-10H2,1H3,(H,20,21);2-8,19H,9-11H2,1H3. The first kappa shape index (κ1) is 34.2. The number of methoxy groups -OCH3 is 2. The van der Waals surface area contributed by atoms with Crippen LogP contribution >= 0.6 is 0 Å². The molecule has 9 nitrogen and oxygen atoms in total. The van der Waals surface area contributed by atoms with Crippen LogP contribution < -0.4 is 9.47 Å². The van der Waals surface area contributed by atoms with Crippen LogP contribution in [0.3, 0.4) is 0 Å². The summed E-state index contributed by atoms with van der Waals surface area (Å²) in [6, 6.07) is 21.4. The molecule has 0 aliphatic carbocycles. The number of aliphatic hydroxyl groups is 1. The van der Waals surface area contributed by atoms with Crippen LogP contribution in [0.1, 0.15) is 38.2 Å². The molecule has 4 aromatic carbocycles. The van der Waals surface area contributed by atoms with Gasteiger partial charge in [-0.3, -0.25) is 9.59 Å². The fourth-order valence-corrected chi connectivity index (χ4v) is 3.98. The number of carboxylic acids is 1. The molecule has 0 amide bonds. The molecule has 45 heavy (non-hydrogen) atoms. The third-order valence-corrected chi connectivity index (χ3v) is 6.42. The third kappa shape index (κ3) is 11.0. The predicted octanol–water partition coefficient (Wildman–Crippen LogP) is 5.43. The highest BCUT2D eigenvalue weighted by atomic mass is 19.1. The van der Waals surface area contributed by atoms with E-state index in [0.29, 0.717) is 28.2 Å². The van der Waals surface area contributed by atoms with Gasteiger partial charge in [-0.05, 0) is 82.4 Å². The van der Waals surface area contributed by atoms with Crippen LogP contribution in [0.5, 0.6) is 11.5 Å². The van der Waals surface area contributed by atoms with Gasteiger partial charge < -0.3 is 29.2 Å². The van der Waals surface area contributed by atoms with Crippen molar-refractivity contribution in [3.05, 3.63) is 130 Å². The molecule has 0 spiro atoms. The lowest BCUT2D eigenvalue weighted by Crippen LogP contribution is -2.10. The molecule has 0 aromatic heterocycles. The van der Waals surface area contributed by atoms with Crippen LogP contribution in [0.15, 0.2) is 84.9 Å². The molecule has 0 atom stereocenters. The van der Waals surface area contributed by atoms with E-state index in [4.69, 9.17) is 14.6 Å². The fraction of sp³-hybridized carbons (Fsp3) is 0.206. The zero-order chi connectivity index (χ0) is 32.8. The van der Waals surface area contributed by atoms with E-state index in [9.17, 15) is 28.3 Å². The number of rotatable bonds is 12. The Morgan fingerprint density at radius 2 is 1.07 bits per heavy atom. The lowest BCUT2D eigenvalue weighted by atomic mass is 10.0. The van der Waals surface area contributed by atoms with Gasteiger partial charge in [0, 0.05) is 0 Å². The molecule has 0 saturated heterocycles. The van der Waals surface area contributed by atoms with E-state index in [1.807, 2.05) is 0 Å². The van der Waals surface area contributed by atoms with Gasteiger partial charge >= 0.3 is 17.9 Å². The van der Waals surface area contributed by atoms with Crippen molar-refractivity contribution in [3.8, 4) is 11.5 Å². The van der Waals surface area contributed by atoms with Gasteiger partial charge in [0.25, 0.3) is 0 Å². The predicted molar refractivity (Wildman–Crippen MR) is 159 cm³/mol. The smallest absolute Gasteiger partial charge is 0.335 e. The Balaban J connectivity index is 0.000000246. The molecule has 0 aliphatic heterocycles. The van der Waals surface area contributed by atoms with Crippen LogP contribution in [-0.2, 0) is 51.7 Å². The summed E-state index contributed by atoms with van der Waals surface area (Å²) in [6.07, 6.45) is -0.0912. The van der Waals surface area contributed by atoms with Crippen molar-refractivity contribution >= 4 is 17.9 Å². The van der Waals surface area contributed by atoms with Gasteiger partial charge in [0.2, 0.25) is 0 Å². The van der Waals surface area contributed by atoms with E-state index in [1.54, 1.807) is 42.5 Å². The molecule has 0 bridgehead atoms. The van der Waals surface area contributed by atoms with Gasteiger partial charge in [-0.2, -0.15) is 0 Å². The van der Waals surface area contributed by atoms with E-state index < -0.39 is 11.9 Å². The summed E-state index contributed by atoms with van der Waals surface area (Å²) >= 11 is 0. The zero-order valence-electron chi connectivity index (χ0n) is 24.6. The largest absolute Gasteiger partial charge is 0.489 e. The van der Waals surface area contributed by atoms with Gasteiger partial charge in [-0.1, -0.05) is 30.3 Å². The Morgan fingerprint density at radius 3 is 1.51 bits per heavy atom. The number of esters is 2. The summed E-state index contributed by atoms with van der Waals surface area (Å²) in [4.78, 5) is 34.0. The van der Waals surface area contributed by atoms with Gasteiger partial charge in [0.05, 0.1) is 39.2 Å². The van der Waals surface area contributed by atoms with Crippen molar-refractivity contribution in [2.45, 2.75) is 32.7 Å². The van der Waals surface area contributed by atoms with Crippen LogP contribution in [0.4, 0.5) is 8.78 Å². The maximum absolute atomic E-state index is 12.8. The Kier molecular flexibility index (Phi) is 13.0. The highest BCUT2D eigenvalue weighted by molar-refractivity contribution is 5.91. The molecular formula is C34H32F2O9. The lowest BCUT2D eigenvalue weighted by molar-refractivity contribution is -0.140. The second-order valence-electron chi connectivity index (χ2n) is 9.55. The normalized spacial score (nSPS) is 10.2. The van der Waals surface area contributed by atoms with Gasteiger partial charge in [0.1, 0.15) is 36.3 Å². The molecule has 0 aliphatic rings. The van der Waals surface area contributed by atoms with Crippen molar-refractivity contribution in [3.63, 3.8) is 0 Å². The Hall–Kier alpha value is -5.29. The number of carbonyl (C=O) groups is 3. The van der Waals surface area contributed by atoms with Crippen molar-refractivity contribution in [1.82, 2.24) is 0 Å². The SMILES string of the molecule is COC(=O)Cc1cc(OCc2ccc(F)cc2)ccc1C(=O)O.COC(=O)Cc1cc(OCc2ccc(F)cc2)ccc1CO. The summed E-state index contributed by atoms with van der Waals surface area (Å²) in [7, 11) is 2.55. The minimum atomic E-state index is -1.13. The molecule has 4 aromatic rings. The Bertz CT molecular complexity index is 1590. The van der Waals surface area contributed by atoms with E-state index in [2.05, 4.69) is 9.47 Å². The first-order valence-corrected chi connectivity index (χ1v) is 13.6. The number of aliphatic hydroxyl groups excluding tert-OH is 1.